The molecule has 0 atom stereocenters. The fraction of sp³-hybridized carbons (Fsp3) is 0.222. The maximum Gasteiger partial charge on any atom is 0.0942 e. The molecule has 0 bridgehead atoms. The molecule has 0 saturated carbocycles. The minimum absolute atomic E-state index is 0.0849. The summed E-state index contributed by atoms with van der Waals surface area (Å²) in [5.74, 6) is 0. The van der Waals surface area contributed by atoms with E-state index in [1.807, 2.05) is 30.6 Å². The van der Waals surface area contributed by atoms with Crippen LogP contribution in [0.3, 0.4) is 0 Å². The zero-order valence-corrected chi connectivity index (χ0v) is 12.6. The number of aromatic nitrogens is 3. The van der Waals surface area contributed by atoms with Crippen LogP contribution in [0.2, 0.25) is 0 Å². The van der Waals surface area contributed by atoms with Gasteiger partial charge in [-0.1, -0.05) is 51.1 Å². The molecule has 0 aliphatic rings. The number of rotatable bonds is 2. The quantitative estimate of drug-likeness (QED) is 0.752. The maximum absolute atomic E-state index is 4.42. The van der Waals surface area contributed by atoms with Crippen LogP contribution in [0.1, 0.15) is 26.3 Å². The van der Waals surface area contributed by atoms with E-state index in [-0.39, 0.29) is 5.41 Å². The topological polar surface area (TPSA) is 41.6 Å². The van der Waals surface area contributed by atoms with Crippen LogP contribution in [0.4, 0.5) is 0 Å². The van der Waals surface area contributed by atoms with Crippen molar-refractivity contribution in [2.24, 2.45) is 0 Å². The number of hydrogen-bond donors (Lipinski definition) is 1. The predicted molar refractivity (Wildman–Crippen MR) is 86.0 cm³/mol. The van der Waals surface area contributed by atoms with Crippen molar-refractivity contribution in [3.63, 3.8) is 0 Å². The Morgan fingerprint density at radius 3 is 2.38 bits per heavy atom. The lowest BCUT2D eigenvalue weighted by Crippen LogP contribution is -2.11. The molecule has 2 aromatic heterocycles. The first-order valence-corrected chi connectivity index (χ1v) is 7.11. The molecule has 3 heteroatoms. The molecule has 3 nitrogen and oxygen atoms in total. The molecular weight excluding hydrogens is 258 g/mol. The summed E-state index contributed by atoms with van der Waals surface area (Å²) in [6, 6.07) is 14.4. The van der Waals surface area contributed by atoms with Crippen LogP contribution >= 0.6 is 0 Å². The molecule has 0 amide bonds. The summed E-state index contributed by atoms with van der Waals surface area (Å²) in [7, 11) is 0. The predicted octanol–water partition coefficient (Wildman–Crippen LogP) is 4.44. The summed E-state index contributed by atoms with van der Waals surface area (Å²) in [4.78, 5) is 4.36. The van der Waals surface area contributed by atoms with Gasteiger partial charge in [0.2, 0.25) is 0 Å². The van der Waals surface area contributed by atoms with Gasteiger partial charge < -0.3 is 0 Å². The first-order valence-electron chi connectivity index (χ1n) is 7.11. The van der Waals surface area contributed by atoms with Gasteiger partial charge in [-0.25, -0.2) is 0 Å². The molecule has 0 radical (unpaired) electrons. The Kier molecular flexibility index (Phi) is 3.34. The van der Waals surface area contributed by atoms with Gasteiger partial charge in [0, 0.05) is 18.0 Å². The highest BCUT2D eigenvalue weighted by Crippen LogP contribution is 2.27. The van der Waals surface area contributed by atoms with Crippen molar-refractivity contribution in [3.8, 4) is 22.5 Å². The maximum atomic E-state index is 4.42. The Balaban J connectivity index is 1.97. The third-order valence-corrected chi connectivity index (χ3v) is 3.56. The van der Waals surface area contributed by atoms with E-state index < -0.39 is 0 Å². The highest BCUT2D eigenvalue weighted by atomic mass is 15.1. The summed E-state index contributed by atoms with van der Waals surface area (Å²) < 4.78 is 0. The molecule has 1 aromatic carbocycles. The van der Waals surface area contributed by atoms with E-state index in [9.17, 15) is 0 Å². The SMILES string of the molecule is CC(C)(C)c1cncc(-c2cc(-c3ccccc3)[nH]n2)c1. The molecule has 0 saturated heterocycles. The third kappa shape index (κ3) is 2.87. The number of H-pyrrole nitrogens is 1. The van der Waals surface area contributed by atoms with Crippen molar-refractivity contribution in [1.29, 1.82) is 0 Å². The second-order valence-corrected chi connectivity index (χ2v) is 6.25. The summed E-state index contributed by atoms with van der Waals surface area (Å²) in [6.45, 7) is 6.56. The fourth-order valence-corrected chi connectivity index (χ4v) is 2.23. The molecule has 3 rings (SSSR count). The van der Waals surface area contributed by atoms with Crippen LogP contribution in [0, 0.1) is 0 Å². The molecule has 0 aliphatic heterocycles. The number of nitrogens with zero attached hydrogens (tertiary/aromatic N) is 2. The van der Waals surface area contributed by atoms with E-state index in [2.05, 4.69) is 60.2 Å². The fourth-order valence-electron chi connectivity index (χ4n) is 2.23. The van der Waals surface area contributed by atoms with E-state index >= 15 is 0 Å². The Labute approximate surface area is 125 Å². The standard InChI is InChI=1S/C18H19N3/c1-18(2,3)15-9-14(11-19-12-15)17-10-16(20-21-17)13-7-5-4-6-8-13/h4-12H,1-3H3,(H,20,21). The molecule has 0 aliphatic carbocycles. The van der Waals surface area contributed by atoms with Gasteiger partial charge in [-0.15, -0.1) is 0 Å². The monoisotopic (exact) mass is 277 g/mol. The van der Waals surface area contributed by atoms with Crippen LogP contribution in [0.25, 0.3) is 22.5 Å². The largest absolute Gasteiger partial charge is 0.277 e. The van der Waals surface area contributed by atoms with Crippen molar-refractivity contribution >= 4 is 0 Å². The molecule has 21 heavy (non-hydrogen) atoms. The molecule has 3 aromatic rings. The Morgan fingerprint density at radius 1 is 0.905 bits per heavy atom. The van der Waals surface area contributed by atoms with Gasteiger partial charge in [0.1, 0.15) is 0 Å². The summed E-state index contributed by atoms with van der Waals surface area (Å²) in [5, 5.41) is 7.52. The summed E-state index contributed by atoms with van der Waals surface area (Å²) in [5.41, 5.74) is 5.42. The van der Waals surface area contributed by atoms with E-state index in [4.69, 9.17) is 0 Å². The van der Waals surface area contributed by atoms with Gasteiger partial charge in [0.05, 0.1) is 11.4 Å². The first kappa shape index (κ1) is 13.6. The van der Waals surface area contributed by atoms with E-state index in [1.54, 1.807) is 0 Å². The molecule has 0 fully saturated rings. The average Bonchev–Trinajstić information content (AvgIpc) is 2.97. The van der Waals surface area contributed by atoms with E-state index in [0.717, 1.165) is 22.5 Å². The molecule has 0 spiro atoms. The molecule has 1 N–H and O–H groups in total. The smallest absolute Gasteiger partial charge is 0.0942 e. The average molecular weight is 277 g/mol. The highest BCUT2D eigenvalue weighted by molar-refractivity contribution is 5.68. The molecular formula is C18H19N3. The normalized spacial score (nSPS) is 11.6. The number of benzene rings is 1. The molecule has 2 heterocycles. The molecule has 0 unspecified atom stereocenters. The van der Waals surface area contributed by atoms with Crippen molar-refractivity contribution in [1.82, 2.24) is 15.2 Å². The van der Waals surface area contributed by atoms with Gasteiger partial charge in [-0.05, 0) is 28.7 Å². The lowest BCUT2D eigenvalue weighted by Gasteiger charge is -2.18. The summed E-state index contributed by atoms with van der Waals surface area (Å²) in [6.07, 6.45) is 3.79. The second-order valence-electron chi connectivity index (χ2n) is 6.25. The number of hydrogen-bond acceptors (Lipinski definition) is 2. The first-order chi connectivity index (χ1) is 10.0. The highest BCUT2D eigenvalue weighted by Gasteiger charge is 2.15. The Morgan fingerprint density at radius 2 is 1.67 bits per heavy atom. The van der Waals surface area contributed by atoms with Crippen LogP contribution in [0.15, 0.2) is 54.9 Å². The van der Waals surface area contributed by atoms with Crippen molar-refractivity contribution in [2.45, 2.75) is 26.2 Å². The van der Waals surface area contributed by atoms with E-state index in [0.29, 0.717) is 0 Å². The van der Waals surface area contributed by atoms with Gasteiger partial charge in [-0.3, -0.25) is 10.1 Å². The van der Waals surface area contributed by atoms with E-state index in [1.165, 1.54) is 5.56 Å². The number of pyridine rings is 1. The minimum Gasteiger partial charge on any atom is -0.277 e. The zero-order chi connectivity index (χ0) is 14.9. The number of nitrogens with one attached hydrogen (secondary N) is 1. The lowest BCUT2D eigenvalue weighted by atomic mass is 9.87. The van der Waals surface area contributed by atoms with Gasteiger partial charge in [0.15, 0.2) is 0 Å². The van der Waals surface area contributed by atoms with Crippen LogP contribution in [-0.4, -0.2) is 15.2 Å². The molecule has 106 valence electrons. The minimum atomic E-state index is 0.0849. The Hall–Kier alpha value is -2.42. The van der Waals surface area contributed by atoms with Gasteiger partial charge >= 0.3 is 0 Å². The second kappa shape index (κ2) is 5.17. The lowest BCUT2D eigenvalue weighted by molar-refractivity contribution is 0.587. The Bertz CT molecular complexity index is 736. The van der Waals surface area contributed by atoms with Gasteiger partial charge in [0.25, 0.3) is 0 Å². The third-order valence-electron chi connectivity index (χ3n) is 3.56. The van der Waals surface area contributed by atoms with Crippen LogP contribution in [-0.2, 0) is 5.41 Å². The number of aromatic amines is 1. The zero-order valence-electron chi connectivity index (χ0n) is 12.6. The van der Waals surface area contributed by atoms with Gasteiger partial charge in [-0.2, -0.15) is 5.10 Å². The summed E-state index contributed by atoms with van der Waals surface area (Å²) >= 11 is 0. The van der Waals surface area contributed by atoms with Crippen molar-refractivity contribution in [3.05, 3.63) is 60.4 Å². The van der Waals surface area contributed by atoms with Crippen LogP contribution < -0.4 is 0 Å². The van der Waals surface area contributed by atoms with Crippen LogP contribution in [0.5, 0.6) is 0 Å². The van der Waals surface area contributed by atoms with Crippen molar-refractivity contribution in [2.75, 3.05) is 0 Å². The van der Waals surface area contributed by atoms with Crippen molar-refractivity contribution < 1.29 is 0 Å².